The van der Waals surface area contributed by atoms with Crippen molar-refractivity contribution in [2.45, 2.75) is 25.7 Å². The second-order valence-corrected chi connectivity index (χ2v) is 5.03. The van der Waals surface area contributed by atoms with E-state index in [0.29, 0.717) is 30.0 Å². The number of hydrogen-bond acceptors (Lipinski definition) is 5. The molecular formula is C14H12N4O2. The van der Waals surface area contributed by atoms with Crippen molar-refractivity contribution in [1.29, 1.82) is 0 Å². The zero-order valence-electron chi connectivity index (χ0n) is 10.9. The van der Waals surface area contributed by atoms with Gasteiger partial charge in [0.1, 0.15) is 11.6 Å². The number of carbonyl (C=O) groups excluding carboxylic acids is 1. The van der Waals surface area contributed by atoms with E-state index >= 15 is 0 Å². The summed E-state index contributed by atoms with van der Waals surface area (Å²) in [5.41, 5.74) is 1.51. The highest BCUT2D eigenvalue weighted by Gasteiger charge is 2.30. The molecule has 20 heavy (non-hydrogen) atoms. The van der Waals surface area contributed by atoms with Gasteiger partial charge in [-0.15, -0.1) is 0 Å². The summed E-state index contributed by atoms with van der Waals surface area (Å²) in [6, 6.07) is 3.75. The first-order chi connectivity index (χ1) is 9.72. The standard InChI is InChI=1S/C14H12N4O2/c1-8-16-14-15-7-10-11(18(14)17-8)5-9(6-12(10)19)13-3-2-4-20-13/h2-4,7,9H,5-6H2,1H3/t9-/m0/s1. The number of nitrogens with zero attached hydrogens (tertiary/aromatic N) is 4. The molecule has 6 heteroatoms. The van der Waals surface area contributed by atoms with Gasteiger partial charge in [-0.1, -0.05) is 0 Å². The van der Waals surface area contributed by atoms with Crippen molar-refractivity contribution >= 4 is 11.6 Å². The molecule has 0 aromatic carbocycles. The fraction of sp³-hybridized carbons (Fsp3) is 0.286. The van der Waals surface area contributed by atoms with Gasteiger partial charge in [-0.2, -0.15) is 10.1 Å². The lowest BCUT2D eigenvalue weighted by molar-refractivity contribution is 0.0958. The van der Waals surface area contributed by atoms with Crippen molar-refractivity contribution in [3.05, 3.63) is 47.4 Å². The molecule has 0 amide bonds. The molecule has 0 radical (unpaired) electrons. The number of furan rings is 1. The molecule has 0 spiro atoms. The highest BCUT2D eigenvalue weighted by atomic mass is 16.3. The Bertz CT molecular complexity index is 804. The summed E-state index contributed by atoms with van der Waals surface area (Å²) in [6.07, 6.45) is 4.40. The van der Waals surface area contributed by atoms with Gasteiger partial charge >= 0.3 is 0 Å². The maximum atomic E-state index is 12.3. The van der Waals surface area contributed by atoms with Crippen LogP contribution in [0.25, 0.3) is 5.78 Å². The zero-order chi connectivity index (χ0) is 13.7. The molecule has 100 valence electrons. The predicted octanol–water partition coefficient (Wildman–Crippen LogP) is 1.94. The normalized spacial score (nSPS) is 18.4. The maximum Gasteiger partial charge on any atom is 0.252 e. The minimum absolute atomic E-state index is 0.0557. The van der Waals surface area contributed by atoms with Gasteiger partial charge in [0.25, 0.3) is 5.78 Å². The Morgan fingerprint density at radius 3 is 3.10 bits per heavy atom. The number of aromatic nitrogens is 4. The highest BCUT2D eigenvalue weighted by molar-refractivity contribution is 5.98. The molecule has 0 unspecified atom stereocenters. The van der Waals surface area contributed by atoms with E-state index in [-0.39, 0.29) is 11.7 Å². The van der Waals surface area contributed by atoms with Gasteiger partial charge in [0.2, 0.25) is 0 Å². The smallest absolute Gasteiger partial charge is 0.252 e. The molecular weight excluding hydrogens is 256 g/mol. The van der Waals surface area contributed by atoms with Gasteiger partial charge in [0, 0.05) is 25.0 Å². The van der Waals surface area contributed by atoms with Crippen molar-refractivity contribution in [1.82, 2.24) is 19.6 Å². The summed E-state index contributed by atoms with van der Waals surface area (Å²) >= 11 is 0. The van der Waals surface area contributed by atoms with E-state index in [9.17, 15) is 4.79 Å². The fourth-order valence-corrected chi connectivity index (χ4v) is 2.77. The Morgan fingerprint density at radius 1 is 1.40 bits per heavy atom. The predicted molar refractivity (Wildman–Crippen MR) is 69.6 cm³/mol. The van der Waals surface area contributed by atoms with Crippen molar-refractivity contribution in [2.75, 3.05) is 0 Å². The van der Waals surface area contributed by atoms with E-state index in [1.165, 1.54) is 0 Å². The molecule has 0 aliphatic heterocycles. The summed E-state index contributed by atoms with van der Waals surface area (Å²) in [7, 11) is 0. The van der Waals surface area contributed by atoms with Crippen molar-refractivity contribution in [2.24, 2.45) is 0 Å². The van der Waals surface area contributed by atoms with E-state index in [0.717, 1.165) is 11.5 Å². The molecule has 4 rings (SSSR count). The van der Waals surface area contributed by atoms with Gasteiger partial charge in [-0.25, -0.2) is 9.50 Å². The van der Waals surface area contributed by atoms with Crippen LogP contribution in [0, 0.1) is 6.92 Å². The Labute approximate surface area is 114 Å². The number of fused-ring (bicyclic) bond motifs is 3. The van der Waals surface area contributed by atoms with Gasteiger partial charge in [0.15, 0.2) is 5.78 Å². The number of carbonyl (C=O) groups is 1. The number of aryl methyl sites for hydroxylation is 1. The molecule has 0 saturated carbocycles. The molecule has 1 aliphatic rings. The van der Waals surface area contributed by atoms with Crippen LogP contribution in [0.1, 0.15) is 40.0 Å². The molecule has 3 aromatic heterocycles. The lowest BCUT2D eigenvalue weighted by atomic mass is 9.85. The van der Waals surface area contributed by atoms with E-state index in [2.05, 4.69) is 15.1 Å². The molecule has 3 heterocycles. The molecule has 1 aliphatic carbocycles. The van der Waals surface area contributed by atoms with Crippen molar-refractivity contribution in [3.63, 3.8) is 0 Å². The highest BCUT2D eigenvalue weighted by Crippen LogP contribution is 2.32. The molecule has 0 saturated heterocycles. The summed E-state index contributed by atoms with van der Waals surface area (Å²) < 4.78 is 7.12. The third kappa shape index (κ3) is 1.57. The lowest BCUT2D eigenvalue weighted by Gasteiger charge is -2.21. The van der Waals surface area contributed by atoms with Crippen LogP contribution in [-0.2, 0) is 6.42 Å². The van der Waals surface area contributed by atoms with Crippen LogP contribution < -0.4 is 0 Å². The summed E-state index contributed by atoms with van der Waals surface area (Å²) in [4.78, 5) is 20.7. The number of Topliss-reactive ketones (excluding diaryl/α,β-unsaturated/α-hetero) is 1. The van der Waals surface area contributed by atoms with Gasteiger partial charge in [-0.3, -0.25) is 4.79 Å². The zero-order valence-corrected chi connectivity index (χ0v) is 10.9. The molecule has 0 bridgehead atoms. The average Bonchev–Trinajstić information content (AvgIpc) is 3.06. The van der Waals surface area contributed by atoms with Crippen molar-refractivity contribution < 1.29 is 9.21 Å². The SMILES string of the molecule is Cc1nc2ncc3c(n2n1)C[C@H](c1ccco1)CC3=O. The van der Waals surface area contributed by atoms with Crippen LogP contribution in [0.4, 0.5) is 0 Å². The largest absolute Gasteiger partial charge is 0.469 e. The first kappa shape index (κ1) is 11.3. The van der Waals surface area contributed by atoms with Crippen LogP contribution >= 0.6 is 0 Å². The van der Waals surface area contributed by atoms with E-state index in [4.69, 9.17) is 4.42 Å². The Balaban J connectivity index is 1.88. The third-order valence-corrected chi connectivity index (χ3v) is 3.69. The number of rotatable bonds is 1. The van der Waals surface area contributed by atoms with Gasteiger partial charge < -0.3 is 4.42 Å². The first-order valence-electron chi connectivity index (χ1n) is 6.50. The maximum absolute atomic E-state index is 12.3. The lowest BCUT2D eigenvalue weighted by Crippen LogP contribution is -2.22. The minimum Gasteiger partial charge on any atom is -0.469 e. The monoisotopic (exact) mass is 268 g/mol. The van der Waals surface area contributed by atoms with Crippen LogP contribution in [-0.4, -0.2) is 25.4 Å². The van der Waals surface area contributed by atoms with Crippen LogP contribution in [0.3, 0.4) is 0 Å². The van der Waals surface area contributed by atoms with Gasteiger partial charge in [0.05, 0.1) is 17.5 Å². The quantitative estimate of drug-likeness (QED) is 0.674. The van der Waals surface area contributed by atoms with E-state index < -0.39 is 0 Å². The third-order valence-electron chi connectivity index (χ3n) is 3.69. The summed E-state index contributed by atoms with van der Waals surface area (Å²) in [5, 5.41) is 4.34. The molecule has 0 fully saturated rings. The fourth-order valence-electron chi connectivity index (χ4n) is 2.77. The Hall–Kier alpha value is -2.50. The number of hydrogen-bond donors (Lipinski definition) is 0. The Kier molecular flexibility index (Phi) is 2.26. The number of ketones is 1. The molecule has 6 nitrogen and oxygen atoms in total. The second kappa shape index (κ2) is 4.00. The average molecular weight is 268 g/mol. The first-order valence-corrected chi connectivity index (χ1v) is 6.50. The molecule has 3 aromatic rings. The Morgan fingerprint density at radius 2 is 2.30 bits per heavy atom. The topological polar surface area (TPSA) is 73.3 Å². The van der Waals surface area contributed by atoms with E-state index in [1.807, 2.05) is 19.1 Å². The minimum atomic E-state index is 0.0557. The van der Waals surface area contributed by atoms with Crippen LogP contribution in [0.2, 0.25) is 0 Å². The van der Waals surface area contributed by atoms with Gasteiger partial charge in [-0.05, 0) is 19.1 Å². The van der Waals surface area contributed by atoms with Crippen LogP contribution in [0.5, 0.6) is 0 Å². The summed E-state index contributed by atoms with van der Waals surface area (Å²) in [6.45, 7) is 1.82. The second-order valence-electron chi connectivity index (χ2n) is 5.03. The molecule has 0 N–H and O–H groups in total. The van der Waals surface area contributed by atoms with Crippen LogP contribution in [0.15, 0.2) is 29.0 Å². The van der Waals surface area contributed by atoms with Crippen molar-refractivity contribution in [3.8, 4) is 0 Å². The van der Waals surface area contributed by atoms with E-state index in [1.54, 1.807) is 17.0 Å². The summed E-state index contributed by atoms with van der Waals surface area (Å²) in [5.74, 6) is 2.16. The molecule has 1 atom stereocenters.